The molecular formula is C16H14. The van der Waals surface area contributed by atoms with Crippen LogP contribution in [0.3, 0.4) is 0 Å². The van der Waals surface area contributed by atoms with E-state index in [0.717, 1.165) is 0 Å². The molecule has 16 heavy (non-hydrogen) atoms. The first kappa shape index (κ1) is 8.58. The van der Waals surface area contributed by atoms with E-state index in [1.54, 1.807) is 11.1 Å². The quantitative estimate of drug-likeness (QED) is 0.561. The molecule has 0 aromatic heterocycles. The van der Waals surface area contributed by atoms with E-state index in [2.05, 4.69) is 49.4 Å². The highest BCUT2D eigenvalue weighted by Gasteiger charge is 2.36. The van der Waals surface area contributed by atoms with Crippen molar-refractivity contribution >= 4 is 0 Å². The van der Waals surface area contributed by atoms with Gasteiger partial charge >= 0.3 is 0 Å². The molecule has 2 unspecified atom stereocenters. The smallest absolute Gasteiger partial charge is 0.0272 e. The Morgan fingerprint density at radius 3 is 2.50 bits per heavy atom. The van der Waals surface area contributed by atoms with E-state index in [1.807, 2.05) is 0 Å². The summed E-state index contributed by atoms with van der Waals surface area (Å²) in [6, 6.07) is 8.93. The van der Waals surface area contributed by atoms with Gasteiger partial charge in [0, 0.05) is 11.8 Å². The van der Waals surface area contributed by atoms with Gasteiger partial charge in [-0.2, -0.15) is 0 Å². The minimum Gasteiger partial charge on any atom is -0.0760 e. The SMILES string of the molecule is CC1=CC2=C(C1)C1C=CC2c2ccccc21. The largest absolute Gasteiger partial charge is 0.0760 e. The highest BCUT2D eigenvalue weighted by atomic mass is 14.4. The van der Waals surface area contributed by atoms with Crippen LogP contribution in [0, 0.1) is 0 Å². The summed E-state index contributed by atoms with van der Waals surface area (Å²) in [7, 11) is 0. The van der Waals surface area contributed by atoms with Gasteiger partial charge in [-0.15, -0.1) is 0 Å². The summed E-state index contributed by atoms with van der Waals surface area (Å²) in [5, 5.41) is 0. The third kappa shape index (κ3) is 0.904. The van der Waals surface area contributed by atoms with Gasteiger partial charge in [-0.25, -0.2) is 0 Å². The molecule has 0 fully saturated rings. The van der Waals surface area contributed by atoms with Crippen molar-refractivity contribution in [2.45, 2.75) is 25.2 Å². The van der Waals surface area contributed by atoms with Gasteiger partial charge in [-0.3, -0.25) is 0 Å². The predicted octanol–water partition coefficient (Wildman–Crippen LogP) is 4.08. The van der Waals surface area contributed by atoms with Gasteiger partial charge < -0.3 is 0 Å². The molecule has 1 aromatic rings. The maximum atomic E-state index is 2.41. The normalized spacial score (nSPS) is 29.2. The van der Waals surface area contributed by atoms with Crippen LogP contribution < -0.4 is 0 Å². The zero-order valence-electron chi connectivity index (χ0n) is 9.40. The Bertz CT molecular complexity index is 569. The van der Waals surface area contributed by atoms with Crippen molar-refractivity contribution in [2.75, 3.05) is 0 Å². The summed E-state index contributed by atoms with van der Waals surface area (Å²) < 4.78 is 0. The van der Waals surface area contributed by atoms with Gasteiger partial charge in [0.2, 0.25) is 0 Å². The van der Waals surface area contributed by atoms with E-state index in [9.17, 15) is 0 Å². The molecule has 0 heterocycles. The highest BCUT2D eigenvalue weighted by molar-refractivity contribution is 5.62. The minimum atomic E-state index is 0.536. The van der Waals surface area contributed by atoms with Crippen molar-refractivity contribution in [1.29, 1.82) is 0 Å². The number of benzene rings is 1. The Hall–Kier alpha value is -1.56. The Balaban J connectivity index is 1.96. The van der Waals surface area contributed by atoms with E-state index < -0.39 is 0 Å². The molecule has 0 saturated carbocycles. The molecule has 4 aliphatic rings. The fourth-order valence-corrected chi connectivity index (χ4v) is 3.47. The summed E-state index contributed by atoms with van der Waals surface area (Å²) >= 11 is 0. The Morgan fingerprint density at radius 1 is 1.00 bits per heavy atom. The van der Waals surface area contributed by atoms with Crippen LogP contribution in [0.5, 0.6) is 0 Å². The van der Waals surface area contributed by atoms with Crippen molar-refractivity contribution in [2.24, 2.45) is 0 Å². The zero-order chi connectivity index (χ0) is 10.7. The van der Waals surface area contributed by atoms with Crippen LogP contribution in [0.4, 0.5) is 0 Å². The predicted molar refractivity (Wildman–Crippen MR) is 66.5 cm³/mol. The molecule has 1 aromatic carbocycles. The lowest BCUT2D eigenvalue weighted by molar-refractivity contribution is 0.789. The third-order valence-electron chi connectivity index (χ3n) is 4.11. The lowest BCUT2D eigenvalue weighted by Crippen LogP contribution is -2.19. The van der Waals surface area contributed by atoms with Crippen molar-refractivity contribution in [3.63, 3.8) is 0 Å². The maximum absolute atomic E-state index is 2.41. The molecule has 0 nitrogen and oxygen atoms in total. The van der Waals surface area contributed by atoms with Crippen LogP contribution >= 0.6 is 0 Å². The first-order valence-corrected chi connectivity index (χ1v) is 6.02. The number of hydrogen-bond acceptors (Lipinski definition) is 0. The molecule has 2 atom stereocenters. The molecular weight excluding hydrogens is 192 g/mol. The van der Waals surface area contributed by atoms with Crippen LogP contribution in [-0.4, -0.2) is 0 Å². The second-order valence-corrected chi connectivity index (χ2v) is 5.12. The summed E-state index contributed by atoms with van der Waals surface area (Å²) in [6.07, 6.45) is 8.39. The third-order valence-corrected chi connectivity index (χ3v) is 4.11. The fraction of sp³-hybridized carbons (Fsp3) is 0.250. The monoisotopic (exact) mass is 206 g/mol. The van der Waals surface area contributed by atoms with Gasteiger partial charge in [0.1, 0.15) is 0 Å². The molecule has 0 amide bonds. The second kappa shape index (κ2) is 2.76. The lowest BCUT2D eigenvalue weighted by Gasteiger charge is -2.35. The topological polar surface area (TPSA) is 0 Å². The van der Waals surface area contributed by atoms with E-state index in [1.165, 1.54) is 23.1 Å². The summed E-state index contributed by atoms with van der Waals surface area (Å²) in [6.45, 7) is 2.25. The molecule has 78 valence electrons. The average Bonchev–Trinajstić information content (AvgIpc) is 2.72. The van der Waals surface area contributed by atoms with Gasteiger partial charge in [0.05, 0.1) is 0 Å². The molecule has 0 heteroatoms. The van der Waals surface area contributed by atoms with Gasteiger partial charge in [-0.1, -0.05) is 53.6 Å². The van der Waals surface area contributed by atoms with Gasteiger partial charge in [0.15, 0.2) is 0 Å². The van der Waals surface area contributed by atoms with Crippen LogP contribution in [0.2, 0.25) is 0 Å². The first-order chi connectivity index (χ1) is 7.84. The Kier molecular flexibility index (Phi) is 1.48. The molecule has 4 aliphatic carbocycles. The van der Waals surface area contributed by atoms with Gasteiger partial charge in [-0.05, 0) is 30.0 Å². The van der Waals surface area contributed by atoms with Crippen molar-refractivity contribution < 1.29 is 0 Å². The van der Waals surface area contributed by atoms with E-state index in [4.69, 9.17) is 0 Å². The van der Waals surface area contributed by atoms with Crippen LogP contribution in [0.15, 0.2) is 59.2 Å². The standard InChI is InChI=1S/C16H14/c1-10-8-15-13-6-7-14(16(15)9-10)12-5-3-2-4-11(12)13/h2-8,13-14H,9H2,1H3. The molecule has 0 radical (unpaired) electrons. The fourth-order valence-electron chi connectivity index (χ4n) is 3.47. The van der Waals surface area contributed by atoms with Crippen molar-refractivity contribution in [1.82, 2.24) is 0 Å². The van der Waals surface area contributed by atoms with Gasteiger partial charge in [0.25, 0.3) is 0 Å². The van der Waals surface area contributed by atoms with Crippen molar-refractivity contribution in [3.8, 4) is 0 Å². The first-order valence-electron chi connectivity index (χ1n) is 6.02. The van der Waals surface area contributed by atoms with Crippen LogP contribution in [0.1, 0.15) is 36.3 Å². The van der Waals surface area contributed by atoms with Crippen molar-refractivity contribution in [3.05, 3.63) is 70.3 Å². The average molecular weight is 206 g/mol. The summed E-state index contributed by atoms with van der Waals surface area (Å²) in [4.78, 5) is 0. The Morgan fingerprint density at radius 2 is 1.69 bits per heavy atom. The molecule has 5 rings (SSSR count). The zero-order valence-corrected chi connectivity index (χ0v) is 9.40. The molecule has 0 saturated heterocycles. The Labute approximate surface area is 96.0 Å². The van der Waals surface area contributed by atoms with Crippen LogP contribution in [-0.2, 0) is 0 Å². The maximum Gasteiger partial charge on any atom is 0.0272 e. The van der Waals surface area contributed by atoms with E-state index in [-0.39, 0.29) is 0 Å². The highest BCUT2D eigenvalue weighted by Crippen LogP contribution is 2.53. The lowest BCUT2D eigenvalue weighted by atomic mass is 9.69. The second-order valence-electron chi connectivity index (χ2n) is 5.12. The number of rotatable bonds is 0. The van der Waals surface area contributed by atoms with Crippen LogP contribution in [0.25, 0.3) is 0 Å². The summed E-state index contributed by atoms with van der Waals surface area (Å²) in [5.41, 5.74) is 7.83. The van der Waals surface area contributed by atoms with E-state index >= 15 is 0 Å². The van der Waals surface area contributed by atoms with E-state index in [0.29, 0.717) is 11.8 Å². The number of allylic oxidation sites excluding steroid dienone is 6. The molecule has 2 bridgehead atoms. The minimum absolute atomic E-state index is 0.536. The molecule has 0 spiro atoms. The summed E-state index contributed by atoms with van der Waals surface area (Å²) in [5.74, 6) is 1.10. The molecule has 0 aliphatic heterocycles. The number of hydrogen-bond donors (Lipinski definition) is 0. The molecule has 0 N–H and O–H groups in total.